The molecule has 1 saturated carbocycles. The van der Waals surface area contributed by atoms with Crippen molar-refractivity contribution in [1.29, 1.82) is 0 Å². The Balaban J connectivity index is 1.24. The van der Waals surface area contributed by atoms with Crippen molar-refractivity contribution in [2.75, 3.05) is 13.1 Å². The number of nitrogens with zero attached hydrogens (tertiary/aromatic N) is 4. The fraction of sp³-hybridized carbons (Fsp3) is 0.591. The average molecular weight is 380 g/mol. The van der Waals surface area contributed by atoms with Gasteiger partial charge in [0.05, 0.1) is 0 Å². The Labute approximate surface area is 166 Å². The minimum Gasteiger partial charge on any atom is -0.347 e. The molecule has 3 aliphatic rings. The molecule has 1 N–H and O–H groups in total. The molecule has 0 spiro atoms. The Bertz CT molecular complexity index is 854. The summed E-state index contributed by atoms with van der Waals surface area (Å²) in [5.74, 6) is 2.64. The fourth-order valence-corrected chi connectivity index (χ4v) is 4.86. The van der Waals surface area contributed by atoms with Gasteiger partial charge in [-0.15, -0.1) is 10.2 Å². The maximum Gasteiger partial charge on any atom is 0.289 e. The monoisotopic (exact) mass is 379 g/mol. The maximum atomic E-state index is 12.6. The molecule has 1 saturated heterocycles. The number of benzene rings is 1. The normalized spacial score (nSPS) is 24.5. The number of carbonyl (C=O) groups is 1. The van der Waals surface area contributed by atoms with Gasteiger partial charge >= 0.3 is 0 Å². The zero-order chi connectivity index (χ0) is 19.1. The molecule has 5 rings (SSSR count). The molecule has 148 valence electrons. The molecule has 1 aromatic carbocycles. The van der Waals surface area contributed by atoms with Crippen molar-refractivity contribution in [2.45, 2.75) is 58.2 Å². The summed E-state index contributed by atoms with van der Waals surface area (Å²) in [5, 5.41) is 11.7. The van der Waals surface area contributed by atoms with E-state index in [4.69, 9.17) is 0 Å². The number of likely N-dealkylation sites (tertiary alicyclic amines) is 1. The molecule has 6 nitrogen and oxygen atoms in total. The molecule has 2 atom stereocenters. The number of amides is 1. The fourth-order valence-electron chi connectivity index (χ4n) is 4.86. The first-order valence-corrected chi connectivity index (χ1v) is 10.7. The largest absolute Gasteiger partial charge is 0.347 e. The van der Waals surface area contributed by atoms with E-state index in [0.717, 1.165) is 57.7 Å². The van der Waals surface area contributed by atoms with Crippen molar-refractivity contribution >= 4 is 5.91 Å². The zero-order valence-corrected chi connectivity index (χ0v) is 16.6. The smallest absolute Gasteiger partial charge is 0.289 e. The summed E-state index contributed by atoms with van der Waals surface area (Å²) in [5.41, 5.74) is 2.78. The Morgan fingerprint density at radius 1 is 1.07 bits per heavy atom. The van der Waals surface area contributed by atoms with Gasteiger partial charge < -0.3 is 9.88 Å². The molecule has 6 heteroatoms. The van der Waals surface area contributed by atoms with E-state index in [1.165, 1.54) is 17.5 Å². The molecule has 1 aromatic heterocycles. The summed E-state index contributed by atoms with van der Waals surface area (Å²) >= 11 is 0. The van der Waals surface area contributed by atoms with E-state index in [1.807, 2.05) is 0 Å². The van der Waals surface area contributed by atoms with Crippen LogP contribution in [-0.4, -0.2) is 44.7 Å². The molecule has 0 unspecified atom stereocenters. The van der Waals surface area contributed by atoms with E-state index in [1.54, 1.807) is 0 Å². The van der Waals surface area contributed by atoms with Crippen LogP contribution in [0.1, 0.15) is 53.8 Å². The molecular formula is C22H29N5O. The summed E-state index contributed by atoms with van der Waals surface area (Å²) in [6.45, 7) is 6.26. The number of rotatable bonds is 5. The zero-order valence-electron chi connectivity index (χ0n) is 16.6. The molecule has 1 amide bonds. The van der Waals surface area contributed by atoms with Gasteiger partial charge in [-0.1, -0.05) is 31.2 Å². The van der Waals surface area contributed by atoms with Gasteiger partial charge in [-0.25, -0.2) is 0 Å². The van der Waals surface area contributed by atoms with Gasteiger partial charge in [-0.2, -0.15) is 0 Å². The van der Waals surface area contributed by atoms with Crippen molar-refractivity contribution < 1.29 is 4.79 Å². The van der Waals surface area contributed by atoms with Crippen LogP contribution in [0.4, 0.5) is 0 Å². The number of aryl methyl sites for hydroxylation is 1. The highest BCUT2D eigenvalue weighted by atomic mass is 16.2. The predicted molar refractivity (Wildman–Crippen MR) is 107 cm³/mol. The topological polar surface area (TPSA) is 63.1 Å². The van der Waals surface area contributed by atoms with Gasteiger partial charge in [-0.3, -0.25) is 9.69 Å². The number of carbonyl (C=O) groups excluding carboxylic acids is 1. The summed E-state index contributed by atoms with van der Waals surface area (Å²) in [7, 11) is 0. The maximum absolute atomic E-state index is 12.6. The molecule has 2 aromatic rings. The first-order chi connectivity index (χ1) is 13.7. The van der Waals surface area contributed by atoms with Crippen molar-refractivity contribution in [3.8, 4) is 0 Å². The molecule has 0 radical (unpaired) electrons. The van der Waals surface area contributed by atoms with E-state index in [0.29, 0.717) is 23.7 Å². The number of fused-ring (bicyclic) bond motifs is 2. The Morgan fingerprint density at radius 2 is 1.82 bits per heavy atom. The number of hydrogen-bond acceptors (Lipinski definition) is 4. The van der Waals surface area contributed by atoms with Crippen LogP contribution < -0.4 is 5.32 Å². The molecule has 0 bridgehead atoms. The number of aromatic nitrogens is 3. The van der Waals surface area contributed by atoms with Crippen molar-refractivity contribution in [3.05, 3.63) is 47.0 Å². The second kappa shape index (κ2) is 7.32. The predicted octanol–water partition coefficient (Wildman–Crippen LogP) is 2.43. The van der Waals surface area contributed by atoms with Crippen LogP contribution in [0.25, 0.3) is 0 Å². The lowest BCUT2D eigenvalue weighted by molar-refractivity contribution is 0.0898. The highest BCUT2D eigenvalue weighted by Gasteiger charge is 2.39. The first-order valence-electron chi connectivity index (χ1n) is 10.7. The minimum absolute atomic E-state index is 0.0484. The minimum atomic E-state index is -0.0484. The van der Waals surface area contributed by atoms with Crippen LogP contribution in [0.15, 0.2) is 24.3 Å². The summed E-state index contributed by atoms with van der Waals surface area (Å²) < 4.78 is 2.08. The molecule has 2 fully saturated rings. The third kappa shape index (κ3) is 3.34. The molecular weight excluding hydrogens is 350 g/mol. The van der Waals surface area contributed by atoms with E-state index < -0.39 is 0 Å². The average Bonchev–Trinajstić information content (AvgIpc) is 3.25. The quantitative estimate of drug-likeness (QED) is 0.867. The van der Waals surface area contributed by atoms with Gasteiger partial charge in [0.15, 0.2) is 0 Å². The van der Waals surface area contributed by atoms with Gasteiger partial charge in [0.25, 0.3) is 5.91 Å². The highest BCUT2D eigenvalue weighted by Crippen LogP contribution is 2.33. The standard InChI is InChI=1S/C22H29N5O/c1-2-15-6-8-16(9-7-15)11-26-12-17-10-20-24-25-21(27(20)14-18(17)13-26)22(28)23-19-4-3-5-19/h6-9,17-19H,2-5,10-14H2,1H3,(H,23,28)/t17-,18+/m0/s1. The van der Waals surface area contributed by atoms with Crippen molar-refractivity contribution in [3.63, 3.8) is 0 Å². The molecule has 28 heavy (non-hydrogen) atoms. The lowest BCUT2D eigenvalue weighted by atomic mass is 9.89. The van der Waals surface area contributed by atoms with Crippen LogP contribution in [0, 0.1) is 11.8 Å². The van der Waals surface area contributed by atoms with Crippen LogP contribution in [-0.2, 0) is 25.9 Å². The number of nitrogens with one attached hydrogen (secondary N) is 1. The highest BCUT2D eigenvalue weighted by molar-refractivity contribution is 5.91. The SMILES string of the molecule is CCc1ccc(CN2C[C@@H]3Cn4c(nnc4C(=O)NC4CCC4)C[C@H]3C2)cc1. The molecule has 1 aliphatic carbocycles. The summed E-state index contributed by atoms with van der Waals surface area (Å²) in [6.07, 6.45) is 5.41. The van der Waals surface area contributed by atoms with E-state index >= 15 is 0 Å². The van der Waals surface area contributed by atoms with Gasteiger partial charge in [0.1, 0.15) is 5.82 Å². The van der Waals surface area contributed by atoms with Crippen LogP contribution in [0.3, 0.4) is 0 Å². The lowest BCUT2D eigenvalue weighted by Gasteiger charge is -2.28. The van der Waals surface area contributed by atoms with Crippen molar-refractivity contribution in [2.24, 2.45) is 11.8 Å². The van der Waals surface area contributed by atoms with E-state index in [9.17, 15) is 4.79 Å². The van der Waals surface area contributed by atoms with Crippen molar-refractivity contribution in [1.82, 2.24) is 25.0 Å². The van der Waals surface area contributed by atoms with Gasteiger partial charge in [0.2, 0.25) is 5.82 Å². The van der Waals surface area contributed by atoms with Crippen LogP contribution >= 0.6 is 0 Å². The molecule has 2 aliphatic heterocycles. The Hall–Kier alpha value is -2.21. The van der Waals surface area contributed by atoms with Crippen LogP contribution in [0.5, 0.6) is 0 Å². The summed E-state index contributed by atoms with van der Waals surface area (Å²) in [6, 6.07) is 9.34. The van der Waals surface area contributed by atoms with E-state index in [-0.39, 0.29) is 5.91 Å². The Morgan fingerprint density at radius 3 is 2.54 bits per heavy atom. The Kier molecular flexibility index (Phi) is 4.67. The first kappa shape index (κ1) is 17.9. The second-order valence-corrected chi connectivity index (χ2v) is 8.74. The van der Waals surface area contributed by atoms with Crippen LogP contribution in [0.2, 0.25) is 0 Å². The lowest BCUT2D eigenvalue weighted by Crippen LogP contribution is -2.41. The molecule has 3 heterocycles. The van der Waals surface area contributed by atoms with E-state index in [2.05, 4.69) is 56.2 Å². The second-order valence-electron chi connectivity index (χ2n) is 8.74. The van der Waals surface area contributed by atoms with Gasteiger partial charge in [-0.05, 0) is 48.6 Å². The summed E-state index contributed by atoms with van der Waals surface area (Å²) in [4.78, 5) is 15.1. The van der Waals surface area contributed by atoms with Gasteiger partial charge in [0, 0.05) is 38.6 Å². The third-order valence-electron chi connectivity index (χ3n) is 6.82. The third-order valence-corrected chi connectivity index (χ3v) is 6.82. The number of hydrogen-bond donors (Lipinski definition) is 1.